The maximum atomic E-state index is 13.2. The van der Waals surface area contributed by atoms with Crippen molar-refractivity contribution in [1.29, 1.82) is 0 Å². The van der Waals surface area contributed by atoms with E-state index in [0.29, 0.717) is 0 Å². The van der Waals surface area contributed by atoms with E-state index in [4.69, 9.17) is 0 Å². The lowest BCUT2D eigenvalue weighted by Gasteiger charge is -2.44. The summed E-state index contributed by atoms with van der Waals surface area (Å²) in [6.07, 6.45) is 7.39. The van der Waals surface area contributed by atoms with Gasteiger partial charge in [0.2, 0.25) is 0 Å². The maximum Gasteiger partial charge on any atom is 0.282 e. The molecular formula is C21H35N2O+. The van der Waals surface area contributed by atoms with Gasteiger partial charge in [0.05, 0.1) is 19.6 Å². The minimum Gasteiger partial charge on any atom is -0.320 e. The molecule has 1 aromatic rings. The number of hydrogen-bond donors (Lipinski definition) is 1. The Kier molecular flexibility index (Phi) is 6.85. The summed E-state index contributed by atoms with van der Waals surface area (Å²) < 4.78 is 0.966. The Labute approximate surface area is 148 Å². The van der Waals surface area contributed by atoms with Crippen molar-refractivity contribution in [3.8, 4) is 0 Å². The number of likely N-dealkylation sites (N-methyl/N-ethyl adjacent to an activating group) is 1. The molecule has 1 amide bonds. The number of nitrogens with zero attached hydrogens (tertiary/aromatic N) is 1. The molecule has 0 spiro atoms. The van der Waals surface area contributed by atoms with Crippen molar-refractivity contribution in [3.63, 3.8) is 0 Å². The third-order valence-corrected chi connectivity index (χ3v) is 5.92. The summed E-state index contributed by atoms with van der Waals surface area (Å²) in [7, 11) is 0. The average molecular weight is 332 g/mol. The second kappa shape index (κ2) is 8.66. The van der Waals surface area contributed by atoms with E-state index in [-0.39, 0.29) is 11.9 Å². The molecule has 3 nitrogen and oxygen atoms in total. The summed E-state index contributed by atoms with van der Waals surface area (Å²) in [5.74, 6) is 0.206. The van der Waals surface area contributed by atoms with Gasteiger partial charge in [-0.15, -0.1) is 0 Å². The zero-order valence-electron chi connectivity index (χ0n) is 16.0. The number of hydrogen-bond acceptors (Lipinski definition) is 1. The zero-order chi connectivity index (χ0) is 17.6. The van der Waals surface area contributed by atoms with Crippen LogP contribution in [0.15, 0.2) is 18.2 Å². The van der Waals surface area contributed by atoms with Crippen LogP contribution in [0, 0.1) is 13.8 Å². The van der Waals surface area contributed by atoms with Gasteiger partial charge >= 0.3 is 0 Å². The van der Waals surface area contributed by atoms with E-state index < -0.39 is 0 Å². The number of aryl methyl sites for hydroxylation is 2. The molecule has 2 rings (SSSR count). The first-order valence-corrected chi connectivity index (χ1v) is 9.77. The normalized spacial score (nSPS) is 19.2. The van der Waals surface area contributed by atoms with E-state index >= 15 is 0 Å². The molecule has 0 saturated carbocycles. The van der Waals surface area contributed by atoms with E-state index in [9.17, 15) is 4.79 Å². The molecular weight excluding hydrogens is 296 g/mol. The van der Waals surface area contributed by atoms with Crippen LogP contribution in [0.25, 0.3) is 0 Å². The summed E-state index contributed by atoms with van der Waals surface area (Å²) in [5.41, 5.74) is 3.30. The maximum absolute atomic E-state index is 13.2. The number of quaternary nitrogens is 1. The number of para-hydroxylation sites is 1. The lowest BCUT2D eigenvalue weighted by molar-refractivity contribution is -0.942. The van der Waals surface area contributed by atoms with Crippen LogP contribution in [0.3, 0.4) is 0 Å². The van der Waals surface area contributed by atoms with Gasteiger partial charge in [0.25, 0.3) is 5.91 Å². The highest BCUT2D eigenvalue weighted by atomic mass is 16.2. The molecule has 0 aromatic heterocycles. The number of carbonyl (C=O) groups is 1. The fraction of sp³-hybridized carbons (Fsp3) is 0.667. The van der Waals surface area contributed by atoms with Crippen molar-refractivity contribution >= 4 is 11.6 Å². The highest BCUT2D eigenvalue weighted by Gasteiger charge is 2.39. The molecule has 0 aliphatic carbocycles. The minimum atomic E-state index is 0.0621. The Balaban J connectivity index is 2.22. The van der Waals surface area contributed by atoms with Gasteiger partial charge in [-0.05, 0) is 57.6 Å². The van der Waals surface area contributed by atoms with Crippen LogP contribution in [0.2, 0.25) is 0 Å². The lowest BCUT2D eigenvalue weighted by Crippen LogP contribution is -2.60. The molecule has 134 valence electrons. The van der Waals surface area contributed by atoms with Gasteiger partial charge in [0, 0.05) is 12.1 Å². The molecule has 0 bridgehead atoms. The summed E-state index contributed by atoms with van der Waals surface area (Å²) in [4.78, 5) is 13.2. The molecule has 3 heteroatoms. The molecule has 1 aliphatic rings. The lowest BCUT2D eigenvalue weighted by atomic mass is 10.0. The van der Waals surface area contributed by atoms with Crippen molar-refractivity contribution in [2.75, 3.05) is 25.0 Å². The molecule has 1 atom stereocenters. The van der Waals surface area contributed by atoms with Gasteiger partial charge in [-0.2, -0.15) is 0 Å². The Hall–Kier alpha value is -1.35. The quantitative estimate of drug-likeness (QED) is 0.770. The number of anilines is 1. The zero-order valence-corrected chi connectivity index (χ0v) is 16.0. The predicted octanol–water partition coefficient (Wildman–Crippen LogP) is 4.82. The average Bonchev–Trinajstić information content (AvgIpc) is 2.54. The van der Waals surface area contributed by atoms with Gasteiger partial charge in [0.15, 0.2) is 6.04 Å². The van der Waals surface area contributed by atoms with E-state index in [1.165, 1.54) is 32.1 Å². The minimum absolute atomic E-state index is 0.0621. The first-order valence-electron chi connectivity index (χ1n) is 9.77. The predicted molar refractivity (Wildman–Crippen MR) is 102 cm³/mol. The van der Waals surface area contributed by atoms with Crippen molar-refractivity contribution in [1.82, 2.24) is 0 Å². The molecule has 1 saturated heterocycles. The first-order chi connectivity index (χ1) is 11.5. The molecule has 1 heterocycles. The number of nitrogens with one attached hydrogen (secondary N) is 1. The van der Waals surface area contributed by atoms with Gasteiger partial charge < -0.3 is 9.80 Å². The van der Waals surface area contributed by atoms with Gasteiger partial charge in [-0.25, -0.2) is 0 Å². The highest BCUT2D eigenvalue weighted by molar-refractivity contribution is 5.95. The number of carbonyl (C=O) groups excluding carboxylic acids is 1. The van der Waals surface area contributed by atoms with Crippen LogP contribution in [-0.2, 0) is 4.79 Å². The summed E-state index contributed by atoms with van der Waals surface area (Å²) >= 11 is 0. The SMILES string of the molecule is CCC(C(=O)Nc1c(C)cccc1C)[N+]1(CC)CCCCCCC1. The van der Waals surface area contributed by atoms with Gasteiger partial charge in [-0.3, -0.25) is 4.79 Å². The fourth-order valence-corrected chi connectivity index (χ4v) is 4.38. The Morgan fingerprint density at radius 1 is 1.04 bits per heavy atom. The van der Waals surface area contributed by atoms with Crippen molar-refractivity contribution < 1.29 is 9.28 Å². The monoisotopic (exact) mass is 331 g/mol. The van der Waals surface area contributed by atoms with Crippen molar-refractivity contribution in [2.24, 2.45) is 0 Å². The van der Waals surface area contributed by atoms with Crippen LogP contribution >= 0.6 is 0 Å². The fourth-order valence-electron chi connectivity index (χ4n) is 4.38. The Morgan fingerprint density at radius 3 is 2.08 bits per heavy atom. The topological polar surface area (TPSA) is 29.1 Å². The summed E-state index contributed by atoms with van der Waals surface area (Å²) in [6.45, 7) is 11.9. The molecule has 24 heavy (non-hydrogen) atoms. The van der Waals surface area contributed by atoms with Crippen LogP contribution in [-0.4, -0.2) is 36.1 Å². The molecule has 1 N–H and O–H groups in total. The van der Waals surface area contributed by atoms with Crippen molar-refractivity contribution in [3.05, 3.63) is 29.3 Å². The van der Waals surface area contributed by atoms with Crippen molar-refractivity contribution in [2.45, 2.75) is 72.3 Å². The van der Waals surface area contributed by atoms with Gasteiger partial charge in [0.1, 0.15) is 0 Å². The van der Waals surface area contributed by atoms with Crippen LogP contribution in [0.1, 0.15) is 63.5 Å². The first kappa shape index (κ1) is 19.0. The Bertz CT molecular complexity index is 525. The number of amides is 1. The third kappa shape index (κ3) is 4.18. The summed E-state index contributed by atoms with van der Waals surface area (Å²) in [6, 6.07) is 6.26. The van der Waals surface area contributed by atoms with E-state index in [0.717, 1.165) is 47.4 Å². The smallest absolute Gasteiger partial charge is 0.282 e. The van der Waals surface area contributed by atoms with Crippen LogP contribution in [0.5, 0.6) is 0 Å². The molecule has 1 aliphatic heterocycles. The number of benzene rings is 1. The Morgan fingerprint density at radius 2 is 1.58 bits per heavy atom. The molecule has 1 fully saturated rings. The van der Waals surface area contributed by atoms with Crippen LogP contribution in [0.4, 0.5) is 5.69 Å². The molecule has 1 unspecified atom stereocenters. The third-order valence-electron chi connectivity index (χ3n) is 5.92. The number of likely N-dealkylation sites (tertiary alicyclic amines) is 1. The van der Waals surface area contributed by atoms with E-state index in [1.54, 1.807) is 0 Å². The number of rotatable bonds is 5. The van der Waals surface area contributed by atoms with E-state index in [2.05, 4.69) is 51.2 Å². The molecule has 1 aromatic carbocycles. The molecule has 0 radical (unpaired) electrons. The second-order valence-corrected chi connectivity index (χ2v) is 7.43. The standard InChI is InChI=1S/C21H34N2O/c1-5-19(23(6-2)15-10-8-7-9-11-16-23)21(24)22-20-17(3)13-12-14-18(20)4/h12-14,19H,5-11,15-16H2,1-4H3/p+1. The second-order valence-electron chi connectivity index (χ2n) is 7.43. The van der Waals surface area contributed by atoms with Gasteiger partial charge in [-0.1, -0.05) is 31.5 Å². The van der Waals surface area contributed by atoms with Crippen LogP contribution < -0.4 is 5.32 Å². The largest absolute Gasteiger partial charge is 0.320 e. The summed E-state index contributed by atoms with van der Waals surface area (Å²) in [5, 5.41) is 3.27. The van der Waals surface area contributed by atoms with E-state index in [1.807, 2.05) is 0 Å². The highest BCUT2D eigenvalue weighted by Crippen LogP contribution is 2.26.